The minimum absolute atomic E-state index is 0.183. The van der Waals surface area contributed by atoms with Crippen molar-refractivity contribution < 1.29 is 17.9 Å². The molecule has 1 amide bonds. The van der Waals surface area contributed by atoms with E-state index in [0.717, 1.165) is 21.9 Å². The van der Waals surface area contributed by atoms with Gasteiger partial charge in [0, 0.05) is 0 Å². The molecule has 0 atom stereocenters. The predicted octanol–water partition coefficient (Wildman–Crippen LogP) is 3.70. The van der Waals surface area contributed by atoms with Gasteiger partial charge < -0.3 is 4.74 Å². The summed E-state index contributed by atoms with van der Waals surface area (Å²) in [4.78, 5) is 12.3. The van der Waals surface area contributed by atoms with Crippen molar-refractivity contribution in [2.45, 2.75) is 13.8 Å². The van der Waals surface area contributed by atoms with E-state index in [0.29, 0.717) is 12.3 Å². The summed E-state index contributed by atoms with van der Waals surface area (Å²) < 4.78 is 30.6. The van der Waals surface area contributed by atoms with Crippen LogP contribution in [-0.4, -0.2) is 39.4 Å². The van der Waals surface area contributed by atoms with E-state index in [1.807, 2.05) is 19.1 Å². The number of nitrogens with one attached hydrogen (secondary N) is 1. The third-order valence-electron chi connectivity index (χ3n) is 3.81. The number of anilines is 1. The lowest BCUT2D eigenvalue weighted by atomic mass is 10.1. The molecule has 2 aromatic rings. The molecule has 0 unspecified atom stereocenters. The molecule has 29 heavy (non-hydrogen) atoms. The Morgan fingerprint density at radius 1 is 1.14 bits per heavy atom. The molecule has 0 fully saturated rings. The summed E-state index contributed by atoms with van der Waals surface area (Å²) >= 11 is 11.8. The molecule has 0 heterocycles. The van der Waals surface area contributed by atoms with Gasteiger partial charge in [-0.1, -0.05) is 23.2 Å². The highest BCUT2D eigenvalue weighted by molar-refractivity contribution is 7.92. The molecule has 0 bridgehead atoms. The molecule has 2 aromatic carbocycles. The summed E-state index contributed by atoms with van der Waals surface area (Å²) in [5.41, 5.74) is 3.95. The summed E-state index contributed by atoms with van der Waals surface area (Å²) in [6.07, 6.45) is 0.997. The molecule has 0 aliphatic carbocycles. The summed E-state index contributed by atoms with van der Waals surface area (Å²) in [5, 5.41) is 4.50. The minimum Gasteiger partial charge on any atom is -0.494 e. The fourth-order valence-electron chi connectivity index (χ4n) is 2.38. The maximum absolute atomic E-state index is 12.3. The Morgan fingerprint density at radius 2 is 1.79 bits per heavy atom. The predicted molar refractivity (Wildman–Crippen MR) is 117 cm³/mol. The van der Waals surface area contributed by atoms with Crippen molar-refractivity contribution in [3.05, 3.63) is 58.1 Å². The first kappa shape index (κ1) is 23.0. The molecule has 0 radical (unpaired) electrons. The molecule has 0 aliphatic rings. The van der Waals surface area contributed by atoms with Gasteiger partial charge in [-0.2, -0.15) is 5.10 Å². The lowest BCUT2D eigenvalue weighted by Crippen LogP contribution is -2.39. The maximum atomic E-state index is 12.3. The summed E-state index contributed by atoms with van der Waals surface area (Å²) in [5.74, 6) is 0.130. The van der Waals surface area contributed by atoms with Crippen LogP contribution in [0.15, 0.2) is 47.6 Å². The molecule has 0 aliphatic heterocycles. The van der Waals surface area contributed by atoms with E-state index in [-0.39, 0.29) is 15.7 Å². The second-order valence-electron chi connectivity index (χ2n) is 6.06. The van der Waals surface area contributed by atoms with Crippen LogP contribution < -0.4 is 14.5 Å². The first-order valence-electron chi connectivity index (χ1n) is 8.61. The van der Waals surface area contributed by atoms with E-state index >= 15 is 0 Å². The van der Waals surface area contributed by atoms with Crippen molar-refractivity contribution in [2.24, 2.45) is 5.10 Å². The van der Waals surface area contributed by atoms with Gasteiger partial charge in [0.2, 0.25) is 10.0 Å². The van der Waals surface area contributed by atoms with Crippen molar-refractivity contribution >= 4 is 50.5 Å². The van der Waals surface area contributed by atoms with Crippen LogP contribution in [0.5, 0.6) is 5.75 Å². The van der Waals surface area contributed by atoms with Gasteiger partial charge in [0.05, 0.1) is 34.3 Å². The van der Waals surface area contributed by atoms with E-state index in [1.165, 1.54) is 18.2 Å². The second-order valence-corrected chi connectivity index (χ2v) is 8.78. The van der Waals surface area contributed by atoms with Crippen LogP contribution in [0.1, 0.15) is 19.4 Å². The fourth-order valence-corrected chi connectivity index (χ4v) is 3.52. The van der Waals surface area contributed by atoms with Crippen LogP contribution in [0.2, 0.25) is 10.0 Å². The summed E-state index contributed by atoms with van der Waals surface area (Å²) in [6, 6.07) is 11.5. The Hall–Kier alpha value is -2.29. The summed E-state index contributed by atoms with van der Waals surface area (Å²) in [6.45, 7) is 3.73. The average Bonchev–Trinajstić information content (AvgIpc) is 2.66. The van der Waals surface area contributed by atoms with Crippen LogP contribution in [0.3, 0.4) is 0 Å². The molecule has 0 spiro atoms. The molecule has 0 saturated carbocycles. The van der Waals surface area contributed by atoms with E-state index in [9.17, 15) is 13.2 Å². The quantitative estimate of drug-likeness (QED) is 0.483. The van der Waals surface area contributed by atoms with Crippen LogP contribution in [-0.2, 0) is 14.8 Å². The van der Waals surface area contributed by atoms with Crippen molar-refractivity contribution in [1.82, 2.24) is 5.43 Å². The number of benzene rings is 2. The van der Waals surface area contributed by atoms with Gasteiger partial charge in [-0.25, -0.2) is 13.8 Å². The molecular formula is C19H21Cl2N3O4S. The zero-order chi connectivity index (χ0) is 21.6. The van der Waals surface area contributed by atoms with Gasteiger partial charge >= 0.3 is 0 Å². The van der Waals surface area contributed by atoms with Crippen molar-refractivity contribution in [3.8, 4) is 5.75 Å². The van der Waals surface area contributed by atoms with E-state index < -0.39 is 22.5 Å². The van der Waals surface area contributed by atoms with Gasteiger partial charge in [-0.05, 0) is 61.9 Å². The minimum atomic E-state index is -3.74. The Labute approximate surface area is 180 Å². The molecule has 10 heteroatoms. The number of hydrazone groups is 1. The first-order chi connectivity index (χ1) is 13.6. The molecule has 2 rings (SSSR count). The fraction of sp³-hybridized carbons (Fsp3) is 0.263. The smallest absolute Gasteiger partial charge is 0.260 e. The van der Waals surface area contributed by atoms with Crippen molar-refractivity contribution in [2.75, 3.05) is 23.7 Å². The van der Waals surface area contributed by atoms with E-state index in [1.54, 1.807) is 19.1 Å². The third kappa shape index (κ3) is 6.62. The highest BCUT2D eigenvalue weighted by atomic mass is 35.5. The maximum Gasteiger partial charge on any atom is 0.260 e. The Bertz CT molecular complexity index is 1010. The monoisotopic (exact) mass is 457 g/mol. The van der Waals surface area contributed by atoms with E-state index in [2.05, 4.69) is 10.5 Å². The number of carbonyl (C=O) groups is 1. The Morgan fingerprint density at radius 3 is 2.34 bits per heavy atom. The number of nitrogens with zero attached hydrogens (tertiary/aromatic N) is 2. The molecular weight excluding hydrogens is 437 g/mol. The standard InChI is InChI=1S/C19H21Cl2N3O4S/c1-4-28-16-8-5-14(6-9-16)13(2)22-23-19(25)12-24(29(3,26)27)15-7-10-17(20)18(21)11-15/h5-11H,4,12H2,1-3H3,(H,23,25)/b22-13-. The largest absolute Gasteiger partial charge is 0.494 e. The molecule has 0 saturated heterocycles. The number of carbonyl (C=O) groups excluding carboxylic acids is 1. The molecule has 156 valence electrons. The van der Waals surface area contributed by atoms with Crippen LogP contribution in [0.4, 0.5) is 5.69 Å². The highest BCUT2D eigenvalue weighted by Crippen LogP contribution is 2.28. The van der Waals surface area contributed by atoms with Crippen LogP contribution >= 0.6 is 23.2 Å². The lowest BCUT2D eigenvalue weighted by molar-refractivity contribution is -0.119. The first-order valence-corrected chi connectivity index (χ1v) is 11.2. The molecule has 7 nitrogen and oxygen atoms in total. The zero-order valence-electron chi connectivity index (χ0n) is 16.1. The molecule has 1 N–H and O–H groups in total. The van der Waals surface area contributed by atoms with Gasteiger partial charge in [-0.3, -0.25) is 9.10 Å². The number of amides is 1. The van der Waals surface area contributed by atoms with Crippen LogP contribution in [0, 0.1) is 0 Å². The Balaban J connectivity index is 2.11. The number of halogens is 2. The number of hydrogen-bond acceptors (Lipinski definition) is 5. The SMILES string of the molecule is CCOc1ccc(/C(C)=N\NC(=O)CN(c2ccc(Cl)c(Cl)c2)S(C)(=O)=O)cc1. The number of ether oxygens (including phenoxy) is 1. The zero-order valence-corrected chi connectivity index (χ0v) is 18.5. The van der Waals surface area contributed by atoms with Crippen molar-refractivity contribution in [3.63, 3.8) is 0 Å². The average molecular weight is 458 g/mol. The third-order valence-corrected chi connectivity index (χ3v) is 5.69. The van der Waals surface area contributed by atoms with Gasteiger partial charge in [0.25, 0.3) is 5.91 Å². The Kier molecular flexibility index (Phi) is 7.89. The van der Waals surface area contributed by atoms with E-state index in [4.69, 9.17) is 27.9 Å². The summed E-state index contributed by atoms with van der Waals surface area (Å²) in [7, 11) is -3.74. The molecule has 0 aromatic heterocycles. The van der Waals surface area contributed by atoms with Crippen LogP contribution in [0.25, 0.3) is 0 Å². The number of hydrogen-bond donors (Lipinski definition) is 1. The van der Waals surface area contributed by atoms with Gasteiger partial charge in [0.15, 0.2) is 0 Å². The number of rotatable bonds is 8. The highest BCUT2D eigenvalue weighted by Gasteiger charge is 2.21. The second kappa shape index (κ2) is 9.96. The normalized spacial score (nSPS) is 11.8. The van der Waals surface area contributed by atoms with Gasteiger partial charge in [-0.15, -0.1) is 0 Å². The lowest BCUT2D eigenvalue weighted by Gasteiger charge is -2.21. The topological polar surface area (TPSA) is 88.1 Å². The van der Waals surface area contributed by atoms with Crippen molar-refractivity contribution in [1.29, 1.82) is 0 Å². The van der Waals surface area contributed by atoms with Gasteiger partial charge in [0.1, 0.15) is 12.3 Å². The number of sulfonamides is 1.